The molecule has 1 aromatic carbocycles. The molecule has 1 N–H and O–H groups in total. The van der Waals surface area contributed by atoms with E-state index in [1.165, 1.54) is 6.08 Å². The number of benzene rings is 1. The number of aliphatic hydroxyl groups excluding tert-OH is 1. The van der Waals surface area contributed by atoms with Crippen LogP contribution in [0.15, 0.2) is 30.3 Å². The molecule has 96 valence electrons. The minimum Gasteiger partial charge on any atom is -0.462 e. The van der Waals surface area contributed by atoms with E-state index in [-0.39, 0.29) is 12.6 Å². The topological polar surface area (TPSA) is 63.6 Å². The second-order valence-corrected chi connectivity index (χ2v) is 3.60. The molecule has 0 aliphatic carbocycles. The number of carbonyl (C=O) groups is 2. The summed E-state index contributed by atoms with van der Waals surface area (Å²) in [4.78, 5) is 21.9. The van der Waals surface area contributed by atoms with Crippen LogP contribution in [-0.2, 0) is 9.53 Å². The quantitative estimate of drug-likeness (QED) is 0.474. The van der Waals surface area contributed by atoms with Gasteiger partial charge in [-0.15, -0.1) is 0 Å². The summed E-state index contributed by atoms with van der Waals surface area (Å²) in [5.74, 6) is -0.368. The number of esters is 1. The van der Waals surface area contributed by atoms with Crippen molar-refractivity contribution < 1.29 is 19.4 Å². The lowest BCUT2D eigenvalue weighted by Gasteiger charge is -2.06. The van der Waals surface area contributed by atoms with Crippen molar-refractivity contribution in [2.24, 2.45) is 0 Å². The second kappa shape index (κ2) is 7.40. The SMILES string of the molecule is CCOC(=O)c1ccc(/C(=C\C=O)CCO)cc1. The summed E-state index contributed by atoms with van der Waals surface area (Å²) < 4.78 is 4.87. The summed E-state index contributed by atoms with van der Waals surface area (Å²) >= 11 is 0. The number of carbonyl (C=O) groups excluding carboxylic acids is 2. The van der Waals surface area contributed by atoms with Crippen molar-refractivity contribution in [2.45, 2.75) is 13.3 Å². The van der Waals surface area contributed by atoms with Crippen molar-refractivity contribution >= 4 is 17.8 Å². The Morgan fingerprint density at radius 2 is 1.89 bits per heavy atom. The number of aldehydes is 1. The zero-order valence-electron chi connectivity index (χ0n) is 10.3. The molecular formula is C14H16O4. The number of aliphatic hydroxyl groups is 1. The molecule has 0 spiro atoms. The maximum absolute atomic E-state index is 11.4. The highest BCUT2D eigenvalue weighted by molar-refractivity contribution is 5.90. The van der Waals surface area contributed by atoms with E-state index < -0.39 is 0 Å². The van der Waals surface area contributed by atoms with Gasteiger partial charge in [0.05, 0.1) is 12.2 Å². The second-order valence-electron chi connectivity index (χ2n) is 3.60. The van der Waals surface area contributed by atoms with E-state index >= 15 is 0 Å². The first-order chi connectivity index (χ1) is 8.72. The average molecular weight is 248 g/mol. The fourth-order valence-electron chi connectivity index (χ4n) is 1.56. The van der Waals surface area contributed by atoms with Gasteiger partial charge in [-0.3, -0.25) is 4.79 Å². The Bertz CT molecular complexity index is 432. The van der Waals surface area contributed by atoms with Gasteiger partial charge in [-0.2, -0.15) is 0 Å². The lowest BCUT2D eigenvalue weighted by atomic mass is 10.0. The van der Waals surface area contributed by atoms with Crippen LogP contribution < -0.4 is 0 Å². The van der Waals surface area contributed by atoms with Crippen molar-refractivity contribution in [2.75, 3.05) is 13.2 Å². The Morgan fingerprint density at radius 3 is 2.39 bits per heavy atom. The van der Waals surface area contributed by atoms with E-state index in [2.05, 4.69) is 0 Å². The fraction of sp³-hybridized carbons (Fsp3) is 0.286. The third kappa shape index (κ3) is 3.82. The molecule has 4 nitrogen and oxygen atoms in total. The average Bonchev–Trinajstić information content (AvgIpc) is 2.39. The van der Waals surface area contributed by atoms with Crippen LogP contribution in [0.1, 0.15) is 29.3 Å². The smallest absolute Gasteiger partial charge is 0.338 e. The van der Waals surface area contributed by atoms with E-state index in [4.69, 9.17) is 9.84 Å². The van der Waals surface area contributed by atoms with Crippen molar-refractivity contribution in [1.29, 1.82) is 0 Å². The van der Waals surface area contributed by atoms with E-state index in [9.17, 15) is 9.59 Å². The molecule has 0 saturated carbocycles. The van der Waals surface area contributed by atoms with Crippen LogP contribution in [0.25, 0.3) is 5.57 Å². The maximum atomic E-state index is 11.4. The van der Waals surface area contributed by atoms with Gasteiger partial charge in [0.1, 0.15) is 6.29 Å². The Labute approximate surface area is 106 Å². The highest BCUT2D eigenvalue weighted by atomic mass is 16.5. The Hall–Kier alpha value is -1.94. The lowest BCUT2D eigenvalue weighted by molar-refractivity contribution is -0.104. The van der Waals surface area contributed by atoms with Crippen LogP contribution in [0.5, 0.6) is 0 Å². The van der Waals surface area contributed by atoms with Crippen LogP contribution in [-0.4, -0.2) is 30.6 Å². The van der Waals surface area contributed by atoms with Gasteiger partial charge >= 0.3 is 5.97 Å². The molecular weight excluding hydrogens is 232 g/mol. The number of hydrogen-bond donors (Lipinski definition) is 1. The van der Waals surface area contributed by atoms with Crippen LogP contribution in [0.4, 0.5) is 0 Å². The molecule has 0 aliphatic heterocycles. The van der Waals surface area contributed by atoms with Crippen LogP contribution >= 0.6 is 0 Å². The van der Waals surface area contributed by atoms with Crippen LogP contribution in [0.2, 0.25) is 0 Å². The molecule has 0 saturated heterocycles. The predicted molar refractivity (Wildman–Crippen MR) is 68.1 cm³/mol. The van der Waals surface area contributed by atoms with Crippen molar-refractivity contribution in [3.8, 4) is 0 Å². The summed E-state index contributed by atoms with van der Waals surface area (Å²) in [5, 5.41) is 8.91. The van der Waals surface area contributed by atoms with Gasteiger partial charge in [0.15, 0.2) is 0 Å². The molecule has 0 aliphatic rings. The minimum atomic E-state index is -0.368. The first-order valence-electron chi connectivity index (χ1n) is 5.75. The molecule has 0 atom stereocenters. The number of ether oxygens (including phenoxy) is 1. The van der Waals surface area contributed by atoms with E-state index in [1.54, 1.807) is 31.2 Å². The zero-order chi connectivity index (χ0) is 13.4. The third-order valence-corrected chi connectivity index (χ3v) is 2.42. The number of allylic oxidation sites excluding steroid dienone is 1. The molecule has 0 amide bonds. The molecule has 4 heteroatoms. The largest absolute Gasteiger partial charge is 0.462 e. The van der Waals surface area contributed by atoms with Gasteiger partial charge in [-0.05, 0) is 42.7 Å². The molecule has 0 heterocycles. The normalized spacial score (nSPS) is 11.1. The van der Waals surface area contributed by atoms with Gasteiger partial charge < -0.3 is 9.84 Å². The molecule has 0 aromatic heterocycles. The molecule has 0 fully saturated rings. The number of rotatable bonds is 6. The zero-order valence-corrected chi connectivity index (χ0v) is 10.3. The summed E-state index contributed by atoms with van der Waals surface area (Å²) in [6, 6.07) is 6.75. The van der Waals surface area contributed by atoms with Crippen molar-refractivity contribution in [3.05, 3.63) is 41.5 Å². The third-order valence-electron chi connectivity index (χ3n) is 2.42. The summed E-state index contributed by atoms with van der Waals surface area (Å²) in [7, 11) is 0. The van der Waals surface area contributed by atoms with E-state index in [0.29, 0.717) is 24.9 Å². The highest BCUT2D eigenvalue weighted by Gasteiger charge is 2.07. The van der Waals surface area contributed by atoms with Gasteiger partial charge in [-0.25, -0.2) is 4.79 Å². The minimum absolute atomic E-state index is 0.0285. The van der Waals surface area contributed by atoms with E-state index in [0.717, 1.165) is 11.1 Å². The molecule has 0 bridgehead atoms. The maximum Gasteiger partial charge on any atom is 0.338 e. The van der Waals surface area contributed by atoms with Crippen LogP contribution in [0.3, 0.4) is 0 Å². The molecule has 18 heavy (non-hydrogen) atoms. The molecule has 0 unspecified atom stereocenters. The number of hydrogen-bond acceptors (Lipinski definition) is 4. The Kier molecular flexibility index (Phi) is 5.80. The summed E-state index contributed by atoms with van der Waals surface area (Å²) in [6.45, 7) is 2.05. The first kappa shape index (κ1) is 14.1. The molecule has 0 radical (unpaired) electrons. The molecule has 1 aromatic rings. The van der Waals surface area contributed by atoms with Crippen LogP contribution in [0, 0.1) is 0 Å². The van der Waals surface area contributed by atoms with E-state index in [1.807, 2.05) is 0 Å². The highest BCUT2D eigenvalue weighted by Crippen LogP contribution is 2.18. The van der Waals surface area contributed by atoms with Crippen molar-refractivity contribution in [1.82, 2.24) is 0 Å². The molecule has 1 rings (SSSR count). The van der Waals surface area contributed by atoms with Gasteiger partial charge in [0, 0.05) is 6.61 Å². The monoisotopic (exact) mass is 248 g/mol. The lowest BCUT2D eigenvalue weighted by Crippen LogP contribution is -2.04. The van der Waals surface area contributed by atoms with Crippen molar-refractivity contribution in [3.63, 3.8) is 0 Å². The Balaban J connectivity index is 2.90. The fourth-order valence-corrected chi connectivity index (χ4v) is 1.56. The summed E-state index contributed by atoms with van der Waals surface area (Å²) in [5.41, 5.74) is 2.02. The Morgan fingerprint density at radius 1 is 1.28 bits per heavy atom. The van der Waals surface area contributed by atoms with Gasteiger partial charge in [0.2, 0.25) is 0 Å². The first-order valence-corrected chi connectivity index (χ1v) is 5.75. The van der Waals surface area contributed by atoms with Gasteiger partial charge in [0.25, 0.3) is 0 Å². The van der Waals surface area contributed by atoms with Gasteiger partial charge in [-0.1, -0.05) is 12.1 Å². The summed E-state index contributed by atoms with van der Waals surface area (Å²) in [6.07, 6.45) is 2.50. The predicted octanol–water partition coefficient (Wildman–Crippen LogP) is 1.83. The standard InChI is InChI=1S/C14H16O4/c1-2-18-14(17)13-5-3-11(4-6-13)12(7-9-15)8-10-16/h3-7,9,16H,2,8,10H2,1H3/b12-7-.